The minimum atomic E-state index is -0.0831. The summed E-state index contributed by atoms with van der Waals surface area (Å²) >= 11 is 5.88. The Balaban J connectivity index is 2.17. The van der Waals surface area contributed by atoms with E-state index in [2.05, 4.69) is 4.98 Å². The highest BCUT2D eigenvalue weighted by Gasteiger charge is 2.18. The van der Waals surface area contributed by atoms with E-state index in [4.69, 9.17) is 16.0 Å². The molecule has 5 nitrogen and oxygen atoms in total. The third kappa shape index (κ3) is 4.58. The summed E-state index contributed by atoms with van der Waals surface area (Å²) in [4.78, 5) is 20.4. The van der Waals surface area contributed by atoms with Crippen LogP contribution in [0.4, 0.5) is 0 Å². The zero-order chi connectivity index (χ0) is 16.1. The van der Waals surface area contributed by atoms with Crippen LogP contribution in [0, 0.1) is 6.92 Å². The molecule has 22 heavy (non-hydrogen) atoms. The van der Waals surface area contributed by atoms with Gasteiger partial charge in [0.2, 0.25) is 0 Å². The van der Waals surface area contributed by atoms with E-state index in [0.717, 1.165) is 18.1 Å². The molecule has 0 atom stereocenters. The lowest BCUT2D eigenvalue weighted by Crippen LogP contribution is -2.36. The van der Waals surface area contributed by atoms with Crippen LogP contribution in [0.25, 0.3) is 0 Å². The number of halogens is 1. The summed E-state index contributed by atoms with van der Waals surface area (Å²) < 4.78 is 5.58. The van der Waals surface area contributed by atoms with Crippen LogP contribution in [-0.2, 0) is 6.54 Å². The average molecular weight is 322 g/mol. The molecule has 0 spiro atoms. The van der Waals surface area contributed by atoms with Gasteiger partial charge < -0.3 is 14.2 Å². The first-order valence-electron chi connectivity index (χ1n) is 7.06. The lowest BCUT2D eigenvalue weighted by atomic mass is 10.2. The molecule has 0 aliphatic carbocycles. The van der Waals surface area contributed by atoms with Crippen molar-refractivity contribution in [1.82, 2.24) is 14.8 Å². The Bertz CT molecular complexity index is 640. The van der Waals surface area contributed by atoms with E-state index in [0.29, 0.717) is 23.8 Å². The van der Waals surface area contributed by atoms with E-state index in [9.17, 15) is 4.79 Å². The predicted molar refractivity (Wildman–Crippen MR) is 86.0 cm³/mol. The normalized spacial score (nSPS) is 11.0. The van der Waals surface area contributed by atoms with E-state index in [1.54, 1.807) is 17.0 Å². The molecule has 0 saturated heterocycles. The van der Waals surface area contributed by atoms with Gasteiger partial charge in [-0.15, -0.1) is 0 Å². The van der Waals surface area contributed by atoms with Gasteiger partial charge in [-0.1, -0.05) is 11.6 Å². The average Bonchev–Trinajstić information content (AvgIpc) is 2.88. The van der Waals surface area contributed by atoms with E-state index in [-0.39, 0.29) is 5.91 Å². The number of nitrogens with zero attached hydrogens (tertiary/aromatic N) is 3. The predicted octanol–water partition coefficient (Wildman–Crippen LogP) is 2.84. The third-order valence-electron chi connectivity index (χ3n) is 3.22. The van der Waals surface area contributed by atoms with Crippen LogP contribution in [0.15, 0.2) is 34.9 Å². The minimum absolute atomic E-state index is 0.0831. The van der Waals surface area contributed by atoms with Gasteiger partial charge in [0.05, 0.1) is 6.54 Å². The number of aromatic nitrogens is 1. The van der Waals surface area contributed by atoms with Gasteiger partial charge in [0, 0.05) is 24.8 Å². The first-order valence-corrected chi connectivity index (χ1v) is 7.44. The lowest BCUT2D eigenvalue weighted by molar-refractivity contribution is 0.0719. The fourth-order valence-corrected chi connectivity index (χ4v) is 2.22. The minimum Gasteiger partial charge on any atom is -0.464 e. The third-order valence-corrected chi connectivity index (χ3v) is 3.43. The van der Waals surface area contributed by atoms with Crippen molar-refractivity contribution >= 4 is 17.5 Å². The molecule has 0 saturated carbocycles. The second kappa shape index (κ2) is 7.42. The largest absolute Gasteiger partial charge is 0.464 e. The second-order valence-corrected chi connectivity index (χ2v) is 5.80. The van der Waals surface area contributed by atoms with Crippen LogP contribution in [0.5, 0.6) is 0 Å². The van der Waals surface area contributed by atoms with Crippen molar-refractivity contribution < 1.29 is 9.21 Å². The zero-order valence-electron chi connectivity index (χ0n) is 13.0. The van der Waals surface area contributed by atoms with Crippen molar-refractivity contribution in [1.29, 1.82) is 0 Å². The van der Waals surface area contributed by atoms with Crippen molar-refractivity contribution in [3.05, 3.63) is 52.7 Å². The SMILES string of the molecule is Cc1ccc(CN(CCN(C)C)C(=O)c2ccnc(Cl)c2)o1. The summed E-state index contributed by atoms with van der Waals surface area (Å²) in [5.74, 6) is 1.52. The topological polar surface area (TPSA) is 49.6 Å². The summed E-state index contributed by atoms with van der Waals surface area (Å²) in [5, 5.41) is 0.312. The smallest absolute Gasteiger partial charge is 0.254 e. The molecular formula is C16H20ClN3O2. The van der Waals surface area contributed by atoms with Gasteiger partial charge in [-0.25, -0.2) is 4.98 Å². The first-order chi connectivity index (χ1) is 10.5. The molecular weight excluding hydrogens is 302 g/mol. The molecule has 0 fully saturated rings. The molecule has 0 N–H and O–H groups in total. The number of hydrogen-bond acceptors (Lipinski definition) is 4. The van der Waals surface area contributed by atoms with Crippen molar-refractivity contribution in [2.45, 2.75) is 13.5 Å². The van der Waals surface area contributed by atoms with Crippen molar-refractivity contribution in [3.8, 4) is 0 Å². The number of amides is 1. The van der Waals surface area contributed by atoms with E-state index < -0.39 is 0 Å². The summed E-state index contributed by atoms with van der Waals surface area (Å²) in [7, 11) is 3.95. The van der Waals surface area contributed by atoms with Crippen LogP contribution in [0.1, 0.15) is 21.9 Å². The number of pyridine rings is 1. The quantitative estimate of drug-likeness (QED) is 0.768. The Morgan fingerprint density at radius 3 is 2.64 bits per heavy atom. The molecule has 2 rings (SSSR count). The number of likely N-dealkylation sites (N-methyl/N-ethyl adjacent to an activating group) is 1. The number of hydrogen-bond donors (Lipinski definition) is 0. The highest BCUT2D eigenvalue weighted by Crippen LogP contribution is 2.14. The Kier molecular flexibility index (Phi) is 5.57. The Labute approximate surface area is 135 Å². The van der Waals surface area contributed by atoms with Gasteiger partial charge in [-0.05, 0) is 45.3 Å². The van der Waals surface area contributed by atoms with Crippen LogP contribution in [0.3, 0.4) is 0 Å². The molecule has 2 heterocycles. The Hall–Kier alpha value is -1.85. The maximum absolute atomic E-state index is 12.7. The molecule has 0 bridgehead atoms. The molecule has 118 valence electrons. The van der Waals surface area contributed by atoms with Crippen LogP contribution < -0.4 is 0 Å². The number of carbonyl (C=O) groups excluding carboxylic acids is 1. The number of aryl methyl sites for hydroxylation is 1. The maximum Gasteiger partial charge on any atom is 0.254 e. The fourth-order valence-electron chi connectivity index (χ4n) is 2.05. The monoisotopic (exact) mass is 321 g/mol. The standard InChI is InChI=1S/C16H20ClN3O2/c1-12-4-5-14(22-12)11-20(9-8-19(2)3)16(21)13-6-7-18-15(17)10-13/h4-7,10H,8-9,11H2,1-3H3. The molecule has 6 heteroatoms. The molecule has 2 aromatic heterocycles. The van der Waals surface area contributed by atoms with Crippen molar-refractivity contribution in [2.24, 2.45) is 0 Å². The zero-order valence-corrected chi connectivity index (χ0v) is 13.8. The van der Waals surface area contributed by atoms with Gasteiger partial charge in [-0.3, -0.25) is 4.79 Å². The van der Waals surface area contributed by atoms with Gasteiger partial charge in [0.15, 0.2) is 0 Å². The molecule has 0 unspecified atom stereocenters. The summed E-state index contributed by atoms with van der Waals surface area (Å²) in [6.07, 6.45) is 1.54. The molecule has 0 aromatic carbocycles. The van der Waals surface area contributed by atoms with Gasteiger partial charge in [0.25, 0.3) is 5.91 Å². The summed E-state index contributed by atoms with van der Waals surface area (Å²) in [6.45, 7) is 3.69. The number of rotatable bonds is 6. The summed E-state index contributed by atoms with van der Waals surface area (Å²) in [6, 6.07) is 7.04. The Morgan fingerprint density at radius 1 is 1.27 bits per heavy atom. The number of carbonyl (C=O) groups is 1. The molecule has 1 amide bonds. The fraction of sp³-hybridized carbons (Fsp3) is 0.375. The molecule has 2 aromatic rings. The summed E-state index contributed by atoms with van der Waals surface area (Å²) in [5.41, 5.74) is 0.530. The Morgan fingerprint density at radius 2 is 2.05 bits per heavy atom. The van der Waals surface area contributed by atoms with Crippen molar-refractivity contribution in [3.63, 3.8) is 0 Å². The number of furan rings is 1. The van der Waals surface area contributed by atoms with E-state index in [1.165, 1.54) is 6.20 Å². The maximum atomic E-state index is 12.7. The van der Waals surface area contributed by atoms with Crippen LogP contribution in [-0.4, -0.2) is 47.9 Å². The van der Waals surface area contributed by atoms with Gasteiger partial charge in [-0.2, -0.15) is 0 Å². The van der Waals surface area contributed by atoms with Crippen LogP contribution >= 0.6 is 11.6 Å². The van der Waals surface area contributed by atoms with E-state index >= 15 is 0 Å². The highest BCUT2D eigenvalue weighted by molar-refractivity contribution is 6.29. The second-order valence-electron chi connectivity index (χ2n) is 5.41. The van der Waals surface area contributed by atoms with Crippen molar-refractivity contribution in [2.75, 3.05) is 27.2 Å². The van der Waals surface area contributed by atoms with Gasteiger partial charge in [0.1, 0.15) is 16.7 Å². The molecule has 0 aliphatic heterocycles. The highest BCUT2D eigenvalue weighted by atomic mass is 35.5. The lowest BCUT2D eigenvalue weighted by Gasteiger charge is -2.23. The van der Waals surface area contributed by atoms with Crippen LogP contribution in [0.2, 0.25) is 5.15 Å². The first kappa shape index (κ1) is 16.5. The van der Waals surface area contributed by atoms with Gasteiger partial charge >= 0.3 is 0 Å². The van der Waals surface area contributed by atoms with E-state index in [1.807, 2.05) is 38.1 Å². The molecule has 0 aliphatic rings. The molecule has 0 radical (unpaired) electrons.